The summed E-state index contributed by atoms with van der Waals surface area (Å²) >= 11 is 0. The molecular weight excluding hydrogens is 214 g/mol. The lowest BCUT2D eigenvalue weighted by Gasteiger charge is -2.16. The van der Waals surface area contributed by atoms with Crippen molar-refractivity contribution in [2.75, 3.05) is 20.6 Å². The number of nitrogens with one attached hydrogen (secondary N) is 1. The van der Waals surface area contributed by atoms with E-state index in [9.17, 15) is 5.11 Å². The van der Waals surface area contributed by atoms with Crippen molar-refractivity contribution in [3.8, 4) is 0 Å². The zero-order chi connectivity index (χ0) is 12.4. The molecule has 92 valence electrons. The molecule has 4 nitrogen and oxygen atoms in total. The fourth-order valence-corrected chi connectivity index (χ4v) is 2.01. The molecule has 1 atom stereocenters. The molecule has 0 aliphatic carbocycles. The summed E-state index contributed by atoms with van der Waals surface area (Å²) in [5, 5.41) is 18.2. The molecule has 0 fully saturated rings. The van der Waals surface area contributed by atoms with E-state index in [4.69, 9.17) is 0 Å². The zero-order valence-electron chi connectivity index (χ0n) is 10.6. The molecule has 0 amide bonds. The third-order valence-electron chi connectivity index (χ3n) is 3.04. The van der Waals surface area contributed by atoms with Gasteiger partial charge in [-0.05, 0) is 50.7 Å². The number of aromatic nitrogens is 2. The number of fused-ring (bicyclic) bond motifs is 1. The Morgan fingerprint density at radius 1 is 1.41 bits per heavy atom. The summed E-state index contributed by atoms with van der Waals surface area (Å²) in [5.74, 6) is 0. The van der Waals surface area contributed by atoms with Crippen LogP contribution in [-0.2, 0) is 0 Å². The van der Waals surface area contributed by atoms with Gasteiger partial charge >= 0.3 is 0 Å². The summed E-state index contributed by atoms with van der Waals surface area (Å²) in [6.07, 6.45) is 2.13. The van der Waals surface area contributed by atoms with Crippen LogP contribution in [0.15, 0.2) is 18.3 Å². The molecule has 1 aromatic heterocycles. The van der Waals surface area contributed by atoms with Crippen molar-refractivity contribution in [1.82, 2.24) is 15.1 Å². The summed E-state index contributed by atoms with van der Waals surface area (Å²) in [7, 11) is 4.03. The number of aromatic amines is 1. The Labute approximate surface area is 101 Å². The molecule has 0 aliphatic rings. The predicted octanol–water partition coefficient (Wildman–Crippen LogP) is 1.86. The van der Waals surface area contributed by atoms with Crippen molar-refractivity contribution in [1.29, 1.82) is 0 Å². The zero-order valence-corrected chi connectivity index (χ0v) is 10.6. The standard InChI is InChI=1S/C13H19N3O/c1-9-6-12-10(8-14-15-12)7-11(9)13(17)4-5-16(2)3/h6-8,13,17H,4-5H2,1-3H3,(H,14,15). The van der Waals surface area contributed by atoms with Crippen LogP contribution < -0.4 is 0 Å². The topological polar surface area (TPSA) is 52.1 Å². The van der Waals surface area contributed by atoms with Crippen molar-refractivity contribution >= 4 is 10.9 Å². The number of aryl methyl sites for hydroxylation is 1. The van der Waals surface area contributed by atoms with E-state index in [0.29, 0.717) is 0 Å². The van der Waals surface area contributed by atoms with Crippen LogP contribution in [-0.4, -0.2) is 40.8 Å². The van der Waals surface area contributed by atoms with Gasteiger partial charge in [0.15, 0.2) is 0 Å². The quantitative estimate of drug-likeness (QED) is 0.847. The Morgan fingerprint density at radius 3 is 2.88 bits per heavy atom. The second-order valence-corrected chi connectivity index (χ2v) is 4.77. The second kappa shape index (κ2) is 4.85. The van der Waals surface area contributed by atoms with Gasteiger partial charge in [-0.25, -0.2) is 0 Å². The van der Waals surface area contributed by atoms with Gasteiger partial charge in [0.05, 0.1) is 17.8 Å². The molecule has 1 aromatic carbocycles. The first kappa shape index (κ1) is 12.1. The lowest BCUT2D eigenvalue weighted by atomic mass is 9.99. The third kappa shape index (κ3) is 2.65. The van der Waals surface area contributed by atoms with E-state index < -0.39 is 6.10 Å². The van der Waals surface area contributed by atoms with Crippen LogP contribution in [0.3, 0.4) is 0 Å². The molecule has 0 spiro atoms. The van der Waals surface area contributed by atoms with Gasteiger partial charge in [0, 0.05) is 11.9 Å². The average Bonchev–Trinajstić information content (AvgIpc) is 2.71. The average molecular weight is 233 g/mol. The fraction of sp³-hybridized carbons (Fsp3) is 0.462. The van der Waals surface area contributed by atoms with E-state index in [1.165, 1.54) is 0 Å². The van der Waals surface area contributed by atoms with Gasteiger partial charge in [0.25, 0.3) is 0 Å². The lowest BCUT2D eigenvalue weighted by Crippen LogP contribution is -2.16. The van der Waals surface area contributed by atoms with Crippen LogP contribution in [0.2, 0.25) is 0 Å². The van der Waals surface area contributed by atoms with E-state index in [0.717, 1.165) is 35.0 Å². The molecule has 2 rings (SSSR count). The van der Waals surface area contributed by atoms with Crippen LogP contribution in [0.5, 0.6) is 0 Å². The van der Waals surface area contributed by atoms with E-state index in [2.05, 4.69) is 15.1 Å². The minimum Gasteiger partial charge on any atom is -0.388 e. The number of H-pyrrole nitrogens is 1. The fourth-order valence-electron chi connectivity index (χ4n) is 2.01. The van der Waals surface area contributed by atoms with Crippen molar-refractivity contribution in [2.45, 2.75) is 19.4 Å². The first-order chi connectivity index (χ1) is 8.08. The Hall–Kier alpha value is -1.39. The SMILES string of the molecule is Cc1cc2[nH]ncc2cc1C(O)CCN(C)C. The van der Waals surface area contributed by atoms with Gasteiger partial charge in [-0.15, -0.1) is 0 Å². The van der Waals surface area contributed by atoms with Gasteiger partial charge in [-0.1, -0.05) is 0 Å². The number of rotatable bonds is 4. The summed E-state index contributed by atoms with van der Waals surface area (Å²) in [5.41, 5.74) is 3.12. The highest BCUT2D eigenvalue weighted by Gasteiger charge is 2.12. The smallest absolute Gasteiger partial charge is 0.0805 e. The third-order valence-corrected chi connectivity index (χ3v) is 3.04. The van der Waals surface area contributed by atoms with Crippen LogP contribution in [0.25, 0.3) is 10.9 Å². The molecule has 0 radical (unpaired) electrons. The van der Waals surface area contributed by atoms with Gasteiger partial charge in [-0.2, -0.15) is 5.10 Å². The number of hydrogen-bond donors (Lipinski definition) is 2. The largest absolute Gasteiger partial charge is 0.388 e. The van der Waals surface area contributed by atoms with Crippen LogP contribution in [0, 0.1) is 6.92 Å². The maximum absolute atomic E-state index is 10.2. The Kier molecular flexibility index (Phi) is 3.45. The molecule has 2 aromatic rings. The molecule has 4 heteroatoms. The lowest BCUT2D eigenvalue weighted by molar-refractivity contribution is 0.154. The molecule has 1 unspecified atom stereocenters. The van der Waals surface area contributed by atoms with Gasteiger partial charge in [0.1, 0.15) is 0 Å². The number of benzene rings is 1. The predicted molar refractivity (Wildman–Crippen MR) is 69.0 cm³/mol. The Balaban J connectivity index is 2.24. The van der Waals surface area contributed by atoms with Crippen LogP contribution >= 0.6 is 0 Å². The number of nitrogens with zero attached hydrogens (tertiary/aromatic N) is 2. The van der Waals surface area contributed by atoms with E-state index in [1.807, 2.05) is 33.2 Å². The highest BCUT2D eigenvalue weighted by Crippen LogP contribution is 2.25. The highest BCUT2D eigenvalue weighted by atomic mass is 16.3. The molecule has 0 saturated heterocycles. The van der Waals surface area contributed by atoms with E-state index in [1.54, 1.807) is 6.20 Å². The molecule has 1 heterocycles. The summed E-state index contributed by atoms with van der Waals surface area (Å²) < 4.78 is 0. The van der Waals surface area contributed by atoms with Crippen molar-refractivity contribution in [3.05, 3.63) is 29.5 Å². The molecule has 0 saturated carbocycles. The first-order valence-electron chi connectivity index (χ1n) is 5.84. The van der Waals surface area contributed by atoms with Gasteiger partial charge in [-0.3, -0.25) is 5.10 Å². The molecule has 0 aliphatic heterocycles. The van der Waals surface area contributed by atoms with Crippen molar-refractivity contribution in [3.63, 3.8) is 0 Å². The molecule has 0 bridgehead atoms. The van der Waals surface area contributed by atoms with Gasteiger partial charge < -0.3 is 10.0 Å². The summed E-state index contributed by atoms with van der Waals surface area (Å²) in [6.45, 7) is 2.90. The number of aliphatic hydroxyl groups excluding tert-OH is 1. The minimum atomic E-state index is -0.406. The molecular formula is C13H19N3O. The monoisotopic (exact) mass is 233 g/mol. The molecule has 17 heavy (non-hydrogen) atoms. The van der Waals surface area contributed by atoms with Crippen LogP contribution in [0.1, 0.15) is 23.7 Å². The maximum Gasteiger partial charge on any atom is 0.0805 e. The maximum atomic E-state index is 10.2. The number of hydrogen-bond acceptors (Lipinski definition) is 3. The van der Waals surface area contributed by atoms with E-state index in [-0.39, 0.29) is 0 Å². The summed E-state index contributed by atoms with van der Waals surface area (Å²) in [6, 6.07) is 4.06. The van der Waals surface area contributed by atoms with Crippen LogP contribution in [0.4, 0.5) is 0 Å². The molecule has 2 N–H and O–H groups in total. The van der Waals surface area contributed by atoms with E-state index >= 15 is 0 Å². The Bertz CT molecular complexity index is 504. The normalized spacial score (nSPS) is 13.5. The second-order valence-electron chi connectivity index (χ2n) is 4.77. The summed E-state index contributed by atoms with van der Waals surface area (Å²) in [4.78, 5) is 2.08. The van der Waals surface area contributed by atoms with Crippen molar-refractivity contribution < 1.29 is 5.11 Å². The number of aliphatic hydroxyl groups is 1. The highest BCUT2D eigenvalue weighted by molar-refractivity contribution is 5.79. The Morgan fingerprint density at radius 2 is 2.18 bits per heavy atom. The van der Waals surface area contributed by atoms with Crippen molar-refractivity contribution in [2.24, 2.45) is 0 Å². The van der Waals surface area contributed by atoms with Gasteiger partial charge in [0.2, 0.25) is 0 Å². The first-order valence-corrected chi connectivity index (χ1v) is 5.84. The minimum absolute atomic E-state index is 0.406.